The molecule has 2 amide bonds. The summed E-state index contributed by atoms with van der Waals surface area (Å²) >= 11 is 0. The molecule has 0 radical (unpaired) electrons. The highest BCUT2D eigenvalue weighted by Crippen LogP contribution is 2.36. The van der Waals surface area contributed by atoms with Crippen molar-refractivity contribution in [3.8, 4) is 0 Å². The molecule has 1 rings (SSSR count). The highest BCUT2D eigenvalue weighted by Gasteiger charge is 2.60. The molecule has 1 heterocycles. The van der Waals surface area contributed by atoms with Crippen molar-refractivity contribution in [2.45, 2.75) is 13.3 Å². The highest BCUT2D eigenvalue weighted by atomic mass is 16.5. The Morgan fingerprint density at radius 2 is 2.00 bits per heavy atom. The molecule has 1 fully saturated rings. The topological polar surface area (TPSA) is 91.8 Å². The Hall–Kier alpha value is -2.08. The molecule has 0 aromatic carbocycles. The molecule has 1 saturated heterocycles. The molecule has 17 heavy (non-hydrogen) atoms. The van der Waals surface area contributed by atoms with Gasteiger partial charge in [0.15, 0.2) is 17.0 Å². The fraction of sp³-hybridized carbons (Fsp3) is 0.273. The number of Topliss-reactive ketones (excluding diaryl/α,β-unsaturated/α-hetero) is 1. The number of carbonyl (C=O) groups excluding carboxylic acids is 4. The predicted molar refractivity (Wildman–Crippen MR) is 55.7 cm³/mol. The van der Waals surface area contributed by atoms with Crippen LogP contribution in [0.1, 0.15) is 13.3 Å². The quantitative estimate of drug-likeness (QED) is 0.322. The second-order valence-corrected chi connectivity index (χ2v) is 3.77. The normalized spacial score (nSPS) is 23.8. The van der Waals surface area contributed by atoms with Crippen molar-refractivity contribution in [2.24, 2.45) is 5.41 Å². The van der Waals surface area contributed by atoms with Gasteiger partial charge in [-0.15, -0.1) is 0 Å². The zero-order valence-corrected chi connectivity index (χ0v) is 9.23. The maximum atomic E-state index is 11.9. The van der Waals surface area contributed by atoms with E-state index >= 15 is 0 Å². The van der Waals surface area contributed by atoms with Crippen LogP contribution >= 0.6 is 0 Å². The van der Waals surface area contributed by atoms with Crippen molar-refractivity contribution < 1.29 is 24.4 Å². The van der Waals surface area contributed by atoms with Crippen molar-refractivity contribution in [3.05, 3.63) is 24.8 Å². The summed E-state index contributed by atoms with van der Waals surface area (Å²) < 4.78 is 0. The molecule has 90 valence electrons. The van der Waals surface area contributed by atoms with Crippen LogP contribution in [-0.4, -0.2) is 33.7 Å². The van der Waals surface area contributed by atoms with Gasteiger partial charge in [0.1, 0.15) is 0 Å². The van der Waals surface area contributed by atoms with Gasteiger partial charge in [-0.1, -0.05) is 13.2 Å². The summed E-state index contributed by atoms with van der Waals surface area (Å²) in [6.45, 7) is 7.85. The first-order chi connectivity index (χ1) is 7.78. The summed E-state index contributed by atoms with van der Waals surface area (Å²) in [7, 11) is 0. The van der Waals surface area contributed by atoms with E-state index in [1.807, 2.05) is 0 Å². The third kappa shape index (κ3) is 1.62. The van der Waals surface area contributed by atoms with E-state index < -0.39 is 35.2 Å². The van der Waals surface area contributed by atoms with Crippen LogP contribution in [0.4, 0.5) is 0 Å². The van der Waals surface area contributed by atoms with Crippen molar-refractivity contribution in [1.29, 1.82) is 0 Å². The van der Waals surface area contributed by atoms with Gasteiger partial charge in [-0.05, 0) is 18.6 Å². The molecule has 0 aliphatic carbocycles. The van der Waals surface area contributed by atoms with Gasteiger partial charge >= 0.3 is 0 Å². The summed E-state index contributed by atoms with van der Waals surface area (Å²) in [5.41, 5.74) is -2.27. The lowest BCUT2D eigenvalue weighted by atomic mass is 9.75. The van der Waals surface area contributed by atoms with Crippen LogP contribution in [0.3, 0.4) is 0 Å². The molecule has 1 atom stereocenters. The fourth-order valence-electron chi connectivity index (χ4n) is 1.69. The average molecular weight is 237 g/mol. The zero-order valence-electron chi connectivity index (χ0n) is 9.23. The second kappa shape index (κ2) is 4.06. The molecule has 6 heteroatoms. The molecule has 0 bridgehead atoms. The molecule has 6 nitrogen and oxygen atoms in total. The van der Waals surface area contributed by atoms with Gasteiger partial charge in [0, 0.05) is 0 Å². The molecular formula is C11H11NO5. The smallest absolute Gasteiger partial charge is 0.275 e. The van der Waals surface area contributed by atoms with Crippen LogP contribution in [0.25, 0.3) is 0 Å². The number of hydrogen-bond donors (Lipinski definition) is 1. The van der Waals surface area contributed by atoms with Crippen LogP contribution in [0.15, 0.2) is 24.8 Å². The van der Waals surface area contributed by atoms with Gasteiger partial charge in [0.05, 0.1) is 6.42 Å². The average Bonchev–Trinajstić information content (AvgIpc) is 2.52. The molecule has 1 unspecified atom stereocenters. The first-order valence-electron chi connectivity index (χ1n) is 4.72. The molecule has 0 spiro atoms. The Labute approximate surface area is 97.2 Å². The number of rotatable bonds is 4. The summed E-state index contributed by atoms with van der Waals surface area (Å²) in [5.74, 6) is -4.04. The number of carbonyl (C=O) groups is 4. The van der Waals surface area contributed by atoms with Crippen LogP contribution in [-0.2, 0) is 19.2 Å². The maximum absolute atomic E-state index is 11.9. The Kier molecular flexibility index (Phi) is 3.10. The van der Waals surface area contributed by atoms with Crippen LogP contribution in [0.5, 0.6) is 0 Å². The number of hydroxylamine groups is 2. The van der Waals surface area contributed by atoms with E-state index in [2.05, 4.69) is 13.2 Å². The van der Waals surface area contributed by atoms with Crippen LogP contribution in [0, 0.1) is 5.41 Å². The number of hydrogen-bond acceptors (Lipinski definition) is 5. The SMILES string of the molecule is C=CC(=O)C1(C(=O)C(=C)C)CC(=O)N(O)C1=O. The van der Waals surface area contributed by atoms with Crippen LogP contribution < -0.4 is 0 Å². The van der Waals surface area contributed by atoms with E-state index in [1.165, 1.54) is 6.92 Å². The monoisotopic (exact) mass is 237 g/mol. The fourth-order valence-corrected chi connectivity index (χ4v) is 1.69. The van der Waals surface area contributed by atoms with Gasteiger partial charge in [0.25, 0.3) is 11.8 Å². The molecule has 0 aromatic rings. The first-order valence-corrected chi connectivity index (χ1v) is 4.72. The Morgan fingerprint density at radius 1 is 1.47 bits per heavy atom. The Balaban J connectivity index is 3.42. The van der Waals surface area contributed by atoms with Crippen molar-refractivity contribution in [1.82, 2.24) is 5.06 Å². The molecular weight excluding hydrogens is 226 g/mol. The van der Waals surface area contributed by atoms with Crippen LogP contribution in [0.2, 0.25) is 0 Å². The van der Waals surface area contributed by atoms with E-state index in [0.717, 1.165) is 6.08 Å². The van der Waals surface area contributed by atoms with Gasteiger partial charge in [0.2, 0.25) is 0 Å². The minimum atomic E-state index is -2.22. The lowest BCUT2D eigenvalue weighted by molar-refractivity contribution is -0.174. The number of nitrogens with zero attached hydrogens (tertiary/aromatic N) is 1. The van der Waals surface area contributed by atoms with Crippen molar-refractivity contribution >= 4 is 23.4 Å². The number of ketones is 2. The minimum Gasteiger partial charge on any atom is -0.293 e. The number of amides is 2. The maximum Gasteiger partial charge on any atom is 0.275 e. The largest absolute Gasteiger partial charge is 0.293 e. The second-order valence-electron chi connectivity index (χ2n) is 3.77. The molecule has 0 aromatic heterocycles. The number of imide groups is 1. The molecule has 1 N–H and O–H groups in total. The summed E-state index contributed by atoms with van der Waals surface area (Å²) in [4.78, 5) is 46.5. The first kappa shape index (κ1) is 13.0. The highest BCUT2D eigenvalue weighted by molar-refractivity contribution is 6.35. The Morgan fingerprint density at radius 3 is 2.29 bits per heavy atom. The van der Waals surface area contributed by atoms with Gasteiger partial charge in [-0.25, -0.2) is 0 Å². The van der Waals surface area contributed by atoms with E-state index in [9.17, 15) is 19.2 Å². The standard InChI is InChI=1S/C11H11NO5/c1-4-7(13)11(9(15)6(2)3)5-8(14)12(17)10(11)16/h4,17H,1-2,5H2,3H3. The lowest BCUT2D eigenvalue weighted by Gasteiger charge is -2.20. The summed E-state index contributed by atoms with van der Waals surface area (Å²) in [6, 6.07) is 0. The zero-order chi connectivity index (χ0) is 13.4. The summed E-state index contributed by atoms with van der Waals surface area (Å²) in [5, 5.41) is 8.94. The molecule has 1 aliphatic rings. The van der Waals surface area contributed by atoms with Crippen molar-refractivity contribution in [3.63, 3.8) is 0 Å². The molecule has 0 saturated carbocycles. The third-order valence-electron chi connectivity index (χ3n) is 2.59. The third-order valence-corrected chi connectivity index (χ3v) is 2.59. The number of allylic oxidation sites excluding steroid dienone is 2. The Bertz CT molecular complexity index is 464. The van der Waals surface area contributed by atoms with E-state index in [-0.39, 0.29) is 10.6 Å². The minimum absolute atomic E-state index is 0.0448. The van der Waals surface area contributed by atoms with Gasteiger partial charge < -0.3 is 0 Å². The van der Waals surface area contributed by atoms with E-state index in [1.54, 1.807) is 0 Å². The lowest BCUT2D eigenvalue weighted by Crippen LogP contribution is -2.45. The van der Waals surface area contributed by atoms with Crippen molar-refractivity contribution in [2.75, 3.05) is 0 Å². The predicted octanol–water partition coefficient (Wildman–Crippen LogP) is 0.0212. The van der Waals surface area contributed by atoms with Gasteiger partial charge in [-0.2, -0.15) is 5.06 Å². The molecule has 1 aliphatic heterocycles. The van der Waals surface area contributed by atoms with E-state index in [0.29, 0.717) is 0 Å². The van der Waals surface area contributed by atoms with E-state index in [4.69, 9.17) is 5.21 Å². The van der Waals surface area contributed by atoms with Gasteiger partial charge in [-0.3, -0.25) is 24.4 Å². The summed E-state index contributed by atoms with van der Waals surface area (Å²) in [6.07, 6.45) is 0.0874.